The molecule has 1 aliphatic heterocycles. The smallest absolute Gasteiger partial charge is 0.251 e. The first kappa shape index (κ1) is 14.9. The van der Waals surface area contributed by atoms with E-state index in [1.54, 1.807) is 0 Å². The van der Waals surface area contributed by atoms with Gasteiger partial charge in [0.1, 0.15) is 5.82 Å². The van der Waals surface area contributed by atoms with Crippen LogP contribution in [-0.4, -0.2) is 44.0 Å². The highest BCUT2D eigenvalue weighted by Gasteiger charge is 2.24. The Hall–Kier alpha value is -1.47. The Kier molecular flexibility index (Phi) is 4.72. The predicted octanol–water partition coefficient (Wildman–Crippen LogP) is 0.981. The van der Waals surface area contributed by atoms with Crippen molar-refractivity contribution >= 4 is 15.9 Å². The normalized spacial score (nSPS) is 16.2. The summed E-state index contributed by atoms with van der Waals surface area (Å²) in [6.07, 6.45) is 1.77. The van der Waals surface area contributed by atoms with Crippen LogP contribution in [0.3, 0.4) is 0 Å². The summed E-state index contributed by atoms with van der Waals surface area (Å²) >= 11 is 0. The van der Waals surface area contributed by atoms with E-state index in [1.807, 2.05) is 0 Å². The highest BCUT2D eigenvalue weighted by molar-refractivity contribution is 7.89. The summed E-state index contributed by atoms with van der Waals surface area (Å²) in [4.78, 5) is 11.7. The van der Waals surface area contributed by atoms with E-state index in [0.29, 0.717) is 13.1 Å². The molecule has 1 fully saturated rings. The minimum atomic E-state index is -3.30. The lowest BCUT2D eigenvalue weighted by Gasteiger charge is -2.15. The van der Waals surface area contributed by atoms with Crippen molar-refractivity contribution in [3.63, 3.8) is 0 Å². The highest BCUT2D eigenvalue weighted by atomic mass is 32.2. The summed E-state index contributed by atoms with van der Waals surface area (Å²) in [6, 6.07) is 5.28. The molecule has 1 aliphatic rings. The van der Waals surface area contributed by atoms with Crippen LogP contribution < -0.4 is 5.32 Å². The molecule has 20 heavy (non-hydrogen) atoms. The van der Waals surface area contributed by atoms with Crippen LogP contribution in [0.15, 0.2) is 24.3 Å². The first-order valence-electron chi connectivity index (χ1n) is 6.51. The molecule has 1 amide bonds. The van der Waals surface area contributed by atoms with Crippen molar-refractivity contribution in [2.75, 3.05) is 25.4 Å². The van der Waals surface area contributed by atoms with Crippen molar-refractivity contribution in [2.24, 2.45) is 0 Å². The lowest BCUT2D eigenvalue weighted by molar-refractivity contribution is 0.0955. The molecule has 1 saturated heterocycles. The number of nitrogens with one attached hydrogen (secondary N) is 1. The Morgan fingerprint density at radius 1 is 1.30 bits per heavy atom. The zero-order valence-electron chi connectivity index (χ0n) is 11.0. The molecule has 0 unspecified atom stereocenters. The van der Waals surface area contributed by atoms with Gasteiger partial charge in [0.25, 0.3) is 5.91 Å². The molecule has 0 radical (unpaired) electrons. The molecule has 1 N–H and O–H groups in total. The van der Waals surface area contributed by atoms with Crippen molar-refractivity contribution in [3.8, 4) is 0 Å². The Morgan fingerprint density at radius 2 is 2.00 bits per heavy atom. The molecule has 110 valence electrons. The van der Waals surface area contributed by atoms with Gasteiger partial charge in [-0.15, -0.1) is 0 Å². The van der Waals surface area contributed by atoms with Crippen LogP contribution >= 0.6 is 0 Å². The number of halogens is 1. The van der Waals surface area contributed by atoms with Crippen LogP contribution in [0.25, 0.3) is 0 Å². The van der Waals surface area contributed by atoms with E-state index < -0.39 is 21.7 Å². The Labute approximate surface area is 117 Å². The van der Waals surface area contributed by atoms with E-state index in [9.17, 15) is 17.6 Å². The van der Waals surface area contributed by atoms with Gasteiger partial charge in [-0.05, 0) is 31.0 Å². The summed E-state index contributed by atoms with van der Waals surface area (Å²) in [5.74, 6) is -1.10. The van der Waals surface area contributed by atoms with Gasteiger partial charge in [0.2, 0.25) is 10.0 Å². The lowest BCUT2D eigenvalue weighted by atomic mass is 10.2. The topological polar surface area (TPSA) is 66.5 Å². The number of carbonyl (C=O) groups excluding carboxylic acids is 1. The molecule has 0 atom stereocenters. The van der Waals surface area contributed by atoms with E-state index in [4.69, 9.17) is 0 Å². The highest BCUT2D eigenvalue weighted by Crippen LogP contribution is 2.12. The van der Waals surface area contributed by atoms with Crippen LogP contribution in [0.4, 0.5) is 4.39 Å². The fourth-order valence-corrected chi connectivity index (χ4v) is 3.55. The van der Waals surface area contributed by atoms with Crippen molar-refractivity contribution in [3.05, 3.63) is 35.6 Å². The summed E-state index contributed by atoms with van der Waals surface area (Å²) in [5, 5.41) is 2.49. The molecule has 1 aromatic carbocycles. The molecule has 2 rings (SSSR count). The quantitative estimate of drug-likeness (QED) is 0.881. The van der Waals surface area contributed by atoms with Crippen LogP contribution in [0.2, 0.25) is 0 Å². The summed E-state index contributed by atoms with van der Waals surface area (Å²) < 4.78 is 38.2. The molecule has 0 saturated carbocycles. The van der Waals surface area contributed by atoms with Gasteiger partial charge < -0.3 is 5.32 Å². The van der Waals surface area contributed by atoms with Gasteiger partial charge in [0, 0.05) is 25.2 Å². The first-order valence-corrected chi connectivity index (χ1v) is 8.11. The van der Waals surface area contributed by atoms with E-state index >= 15 is 0 Å². The van der Waals surface area contributed by atoms with Crippen LogP contribution in [0.1, 0.15) is 23.2 Å². The molecular formula is C13H17FN2O3S. The number of carbonyl (C=O) groups is 1. The monoisotopic (exact) mass is 300 g/mol. The third kappa shape index (κ3) is 3.77. The molecule has 1 aromatic rings. The maximum atomic E-state index is 13.0. The third-order valence-corrected chi connectivity index (χ3v) is 5.06. The Balaban J connectivity index is 1.85. The Morgan fingerprint density at radius 3 is 2.65 bits per heavy atom. The van der Waals surface area contributed by atoms with Crippen molar-refractivity contribution in [1.29, 1.82) is 0 Å². The number of rotatable bonds is 5. The van der Waals surface area contributed by atoms with Crippen LogP contribution in [-0.2, 0) is 10.0 Å². The molecular weight excluding hydrogens is 283 g/mol. The van der Waals surface area contributed by atoms with Gasteiger partial charge >= 0.3 is 0 Å². The number of benzene rings is 1. The second-order valence-electron chi connectivity index (χ2n) is 4.69. The van der Waals surface area contributed by atoms with Crippen LogP contribution in [0.5, 0.6) is 0 Å². The van der Waals surface area contributed by atoms with Gasteiger partial charge in [-0.25, -0.2) is 17.1 Å². The molecule has 0 spiro atoms. The van der Waals surface area contributed by atoms with E-state index in [1.165, 1.54) is 22.5 Å². The molecule has 0 aliphatic carbocycles. The first-order chi connectivity index (χ1) is 9.49. The van der Waals surface area contributed by atoms with Gasteiger partial charge in [-0.1, -0.05) is 6.07 Å². The minimum Gasteiger partial charge on any atom is -0.351 e. The second-order valence-corrected chi connectivity index (χ2v) is 6.78. The minimum absolute atomic E-state index is 0.0220. The second kappa shape index (κ2) is 6.32. The zero-order valence-corrected chi connectivity index (χ0v) is 11.8. The fourth-order valence-electron chi connectivity index (χ4n) is 2.12. The van der Waals surface area contributed by atoms with Crippen LogP contribution in [0, 0.1) is 5.82 Å². The standard InChI is InChI=1S/C13H17FN2O3S/c14-12-5-3-4-11(10-12)13(17)15-6-9-20(18,19)16-7-1-2-8-16/h3-5,10H,1-2,6-9H2,(H,15,17). The van der Waals surface area contributed by atoms with Gasteiger partial charge in [0.05, 0.1) is 5.75 Å². The summed E-state index contributed by atoms with van der Waals surface area (Å²) in [5.41, 5.74) is 0.184. The number of sulfonamides is 1. The maximum absolute atomic E-state index is 13.0. The molecule has 7 heteroatoms. The summed E-state index contributed by atoms with van der Waals surface area (Å²) in [7, 11) is -3.30. The van der Waals surface area contributed by atoms with Gasteiger partial charge in [-0.3, -0.25) is 4.79 Å². The number of hydrogen-bond acceptors (Lipinski definition) is 3. The zero-order chi connectivity index (χ0) is 14.6. The SMILES string of the molecule is O=C(NCCS(=O)(=O)N1CCCC1)c1cccc(F)c1. The maximum Gasteiger partial charge on any atom is 0.251 e. The van der Waals surface area contributed by atoms with Crippen molar-refractivity contribution in [2.45, 2.75) is 12.8 Å². The average molecular weight is 300 g/mol. The van der Waals surface area contributed by atoms with Crippen molar-refractivity contribution < 1.29 is 17.6 Å². The predicted molar refractivity (Wildman–Crippen MR) is 73.3 cm³/mol. The molecule has 1 heterocycles. The average Bonchev–Trinajstić information content (AvgIpc) is 2.93. The fraction of sp³-hybridized carbons (Fsp3) is 0.462. The number of nitrogens with zero attached hydrogens (tertiary/aromatic N) is 1. The molecule has 0 bridgehead atoms. The van der Waals surface area contributed by atoms with E-state index in [0.717, 1.165) is 18.9 Å². The molecule has 0 aromatic heterocycles. The lowest BCUT2D eigenvalue weighted by Crippen LogP contribution is -2.36. The Bertz CT molecular complexity index is 583. The van der Waals surface area contributed by atoms with E-state index in [-0.39, 0.29) is 17.9 Å². The van der Waals surface area contributed by atoms with Crippen molar-refractivity contribution in [1.82, 2.24) is 9.62 Å². The number of amides is 1. The third-order valence-electron chi connectivity index (χ3n) is 3.19. The molecule has 5 nitrogen and oxygen atoms in total. The van der Waals surface area contributed by atoms with Gasteiger partial charge in [-0.2, -0.15) is 0 Å². The summed E-state index contributed by atoms with van der Waals surface area (Å²) in [6.45, 7) is 1.13. The van der Waals surface area contributed by atoms with E-state index in [2.05, 4.69) is 5.32 Å². The largest absolute Gasteiger partial charge is 0.351 e. The van der Waals surface area contributed by atoms with Gasteiger partial charge in [0.15, 0.2) is 0 Å². The number of hydrogen-bond donors (Lipinski definition) is 1.